The number of aromatic nitrogens is 3. The molecule has 0 saturated heterocycles. The second-order valence-electron chi connectivity index (χ2n) is 2.12. The van der Waals surface area contributed by atoms with Crippen LogP contribution in [0.1, 0.15) is 0 Å². The Kier molecular flexibility index (Phi) is 1.23. The van der Waals surface area contributed by atoms with Crippen molar-refractivity contribution in [1.29, 1.82) is 0 Å². The molecule has 2 rings (SSSR count). The van der Waals surface area contributed by atoms with E-state index < -0.39 is 0 Å². The van der Waals surface area contributed by atoms with Gasteiger partial charge in [-0.05, 0) is 6.07 Å². The van der Waals surface area contributed by atoms with Crippen molar-refractivity contribution >= 4 is 17.0 Å². The van der Waals surface area contributed by atoms with Gasteiger partial charge in [0.25, 0.3) is 0 Å². The first-order valence-electron chi connectivity index (χ1n) is 3.17. The van der Waals surface area contributed by atoms with Crippen molar-refractivity contribution in [2.45, 2.75) is 0 Å². The third-order valence-corrected chi connectivity index (χ3v) is 1.43. The van der Waals surface area contributed by atoms with E-state index in [0.29, 0.717) is 5.95 Å². The second-order valence-corrected chi connectivity index (χ2v) is 2.12. The molecular weight excluding hydrogens is 142 g/mol. The van der Waals surface area contributed by atoms with E-state index in [-0.39, 0.29) is 0 Å². The Labute approximate surface area is 62.6 Å². The number of anilines is 1. The highest BCUT2D eigenvalue weighted by Gasteiger charge is 1.96. The van der Waals surface area contributed by atoms with Crippen LogP contribution in [0.2, 0.25) is 0 Å². The van der Waals surface area contributed by atoms with Crippen molar-refractivity contribution in [2.75, 3.05) is 5.43 Å². The summed E-state index contributed by atoms with van der Waals surface area (Å²) < 4.78 is 0. The fourth-order valence-electron chi connectivity index (χ4n) is 0.909. The molecule has 5 nitrogen and oxygen atoms in total. The second kappa shape index (κ2) is 2.21. The van der Waals surface area contributed by atoms with Gasteiger partial charge in [-0.3, -0.25) is 5.43 Å². The highest BCUT2D eigenvalue weighted by molar-refractivity contribution is 5.75. The van der Waals surface area contributed by atoms with Crippen molar-refractivity contribution in [3.05, 3.63) is 18.5 Å². The highest BCUT2D eigenvalue weighted by Crippen LogP contribution is 2.08. The number of nitrogens with one attached hydrogen (secondary N) is 2. The molecule has 0 aliphatic carbocycles. The van der Waals surface area contributed by atoms with Gasteiger partial charge in [-0.2, -0.15) is 4.98 Å². The molecule has 0 unspecified atom stereocenters. The number of H-pyrrole nitrogens is 1. The topological polar surface area (TPSA) is 79.6 Å². The number of hydrogen-bond acceptors (Lipinski definition) is 4. The molecule has 2 aromatic rings. The summed E-state index contributed by atoms with van der Waals surface area (Å²) in [5.74, 6) is 5.54. The molecule has 2 aromatic heterocycles. The number of aromatic amines is 1. The van der Waals surface area contributed by atoms with Gasteiger partial charge in [0.05, 0.1) is 0 Å². The Morgan fingerprint density at radius 2 is 2.45 bits per heavy atom. The van der Waals surface area contributed by atoms with Crippen LogP contribution in [-0.2, 0) is 0 Å². The lowest BCUT2D eigenvalue weighted by molar-refractivity contribution is 1.14. The average Bonchev–Trinajstić information content (AvgIpc) is 2.50. The van der Waals surface area contributed by atoms with Crippen molar-refractivity contribution in [2.24, 2.45) is 5.84 Å². The number of hydrazine groups is 1. The molecule has 11 heavy (non-hydrogen) atoms. The number of nitrogen functional groups attached to an aromatic ring is 1. The standard InChI is InChI=1S/C6H7N5/c7-11-6-9-3-4-1-2-8-5(4)10-6/h1-3H,7H2,(H2,8,9,10,11). The van der Waals surface area contributed by atoms with Crippen molar-refractivity contribution in [1.82, 2.24) is 15.0 Å². The first-order valence-corrected chi connectivity index (χ1v) is 3.17. The number of nitrogens with two attached hydrogens (primary N) is 1. The quantitative estimate of drug-likeness (QED) is 0.401. The Morgan fingerprint density at radius 1 is 1.55 bits per heavy atom. The summed E-state index contributed by atoms with van der Waals surface area (Å²) in [6.45, 7) is 0. The summed E-state index contributed by atoms with van der Waals surface area (Å²) in [6.07, 6.45) is 3.51. The van der Waals surface area contributed by atoms with Crippen LogP contribution in [0.3, 0.4) is 0 Å². The van der Waals surface area contributed by atoms with E-state index in [1.54, 1.807) is 12.4 Å². The van der Waals surface area contributed by atoms with E-state index in [9.17, 15) is 0 Å². The summed E-state index contributed by atoms with van der Waals surface area (Å²) in [7, 11) is 0. The monoisotopic (exact) mass is 149 g/mol. The van der Waals surface area contributed by atoms with Gasteiger partial charge in [0.15, 0.2) is 0 Å². The molecule has 0 aliphatic rings. The largest absolute Gasteiger partial charge is 0.346 e. The number of nitrogens with zero attached hydrogens (tertiary/aromatic N) is 2. The van der Waals surface area contributed by atoms with Gasteiger partial charge in [-0.25, -0.2) is 10.8 Å². The predicted molar refractivity (Wildman–Crippen MR) is 41.7 cm³/mol. The molecule has 0 bridgehead atoms. The highest BCUT2D eigenvalue weighted by atomic mass is 15.3. The molecule has 0 spiro atoms. The number of hydrogen-bond donors (Lipinski definition) is 3. The molecule has 0 fully saturated rings. The minimum Gasteiger partial charge on any atom is -0.346 e. The lowest BCUT2D eigenvalue weighted by Crippen LogP contribution is -2.09. The van der Waals surface area contributed by atoms with Gasteiger partial charge in [0, 0.05) is 17.8 Å². The molecule has 56 valence electrons. The Hall–Kier alpha value is -1.62. The van der Waals surface area contributed by atoms with E-state index in [4.69, 9.17) is 5.84 Å². The zero-order valence-electron chi connectivity index (χ0n) is 5.70. The minimum absolute atomic E-state index is 0.417. The summed E-state index contributed by atoms with van der Waals surface area (Å²) in [6, 6.07) is 1.90. The van der Waals surface area contributed by atoms with Gasteiger partial charge < -0.3 is 4.98 Å². The summed E-state index contributed by atoms with van der Waals surface area (Å²) in [5.41, 5.74) is 3.15. The van der Waals surface area contributed by atoms with Gasteiger partial charge in [-0.15, -0.1) is 0 Å². The molecule has 0 atom stereocenters. The van der Waals surface area contributed by atoms with E-state index >= 15 is 0 Å². The first-order chi connectivity index (χ1) is 5.40. The van der Waals surface area contributed by atoms with Gasteiger partial charge in [0.1, 0.15) is 5.65 Å². The number of fused-ring (bicyclic) bond motifs is 1. The van der Waals surface area contributed by atoms with Crippen LogP contribution >= 0.6 is 0 Å². The molecular formula is C6H7N5. The maximum atomic E-state index is 5.12. The Morgan fingerprint density at radius 3 is 3.27 bits per heavy atom. The third kappa shape index (κ3) is 0.908. The van der Waals surface area contributed by atoms with Crippen molar-refractivity contribution in [3.63, 3.8) is 0 Å². The molecule has 0 aliphatic heterocycles. The Bertz CT molecular complexity index is 366. The van der Waals surface area contributed by atoms with Crippen LogP contribution in [0.25, 0.3) is 11.0 Å². The molecule has 2 heterocycles. The molecule has 0 amide bonds. The predicted octanol–water partition coefficient (Wildman–Crippen LogP) is 0.243. The molecule has 0 saturated carbocycles. The molecule has 0 aromatic carbocycles. The van der Waals surface area contributed by atoms with Crippen LogP contribution in [0.5, 0.6) is 0 Å². The number of rotatable bonds is 1. The SMILES string of the molecule is NNc1ncc2cc[nH]c2n1. The maximum Gasteiger partial charge on any atom is 0.239 e. The average molecular weight is 149 g/mol. The van der Waals surface area contributed by atoms with Crippen molar-refractivity contribution < 1.29 is 0 Å². The van der Waals surface area contributed by atoms with Gasteiger partial charge in [-0.1, -0.05) is 0 Å². The smallest absolute Gasteiger partial charge is 0.239 e. The van der Waals surface area contributed by atoms with Gasteiger partial charge in [0.2, 0.25) is 5.95 Å². The fraction of sp³-hybridized carbons (Fsp3) is 0. The summed E-state index contributed by atoms with van der Waals surface area (Å²) in [5, 5.41) is 0.976. The third-order valence-electron chi connectivity index (χ3n) is 1.43. The zero-order valence-corrected chi connectivity index (χ0v) is 5.70. The van der Waals surface area contributed by atoms with E-state index in [1.807, 2.05) is 6.07 Å². The maximum absolute atomic E-state index is 5.12. The first kappa shape index (κ1) is 6.11. The van der Waals surface area contributed by atoms with Crippen LogP contribution in [0, 0.1) is 0 Å². The summed E-state index contributed by atoms with van der Waals surface area (Å²) >= 11 is 0. The van der Waals surface area contributed by atoms with Crippen molar-refractivity contribution in [3.8, 4) is 0 Å². The molecule has 5 heteroatoms. The zero-order chi connectivity index (χ0) is 7.68. The lowest BCUT2D eigenvalue weighted by Gasteiger charge is -1.95. The van der Waals surface area contributed by atoms with Crippen LogP contribution in [-0.4, -0.2) is 15.0 Å². The fourth-order valence-corrected chi connectivity index (χ4v) is 0.909. The van der Waals surface area contributed by atoms with E-state index in [0.717, 1.165) is 11.0 Å². The van der Waals surface area contributed by atoms with Crippen LogP contribution in [0.15, 0.2) is 18.5 Å². The Balaban J connectivity index is 2.67. The van der Waals surface area contributed by atoms with E-state index in [2.05, 4.69) is 20.4 Å². The normalized spacial score (nSPS) is 10.3. The van der Waals surface area contributed by atoms with E-state index in [1.165, 1.54) is 0 Å². The molecule has 0 radical (unpaired) electrons. The summed E-state index contributed by atoms with van der Waals surface area (Å²) in [4.78, 5) is 10.9. The molecule has 4 N–H and O–H groups in total. The minimum atomic E-state index is 0.417. The van der Waals surface area contributed by atoms with Gasteiger partial charge >= 0.3 is 0 Å². The lowest BCUT2D eigenvalue weighted by atomic mass is 10.4. The van der Waals surface area contributed by atoms with Crippen LogP contribution in [0.4, 0.5) is 5.95 Å². The van der Waals surface area contributed by atoms with Crippen LogP contribution < -0.4 is 11.3 Å².